The van der Waals surface area contributed by atoms with Gasteiger partial charge in [0.2, 0.25) is 0 Å². The van der Waals surface area contributed by atoms with Gasteiger partial charge in [0, 0.05) is 12.2 Å². The number of amides is 2. The van der Waals surface area contributed by atoms with Gasteiger partial charge >= 0.3 is 5.97 Å². The highest BCUT2D eigenvalue weighted by atomic mass is 16.5. The van der Waals surface area contributed by atoms with Crippen LogP contribution in [0.15, 0.2) is 67.3 Å². The number of rotatable bonds is 4. The van der Waals surface area contributed by atoms with Gasteiger partial charge in [-0.1, -0.05) is 24.8 Å². The zero-order valence-corrected chi connectivity index (χ0v) is 12.6. The fraction of sp³-hybridized carbons (Fsp3) is 0. The molecule has 0 N–H and O–H groups in total. The van der Waals surface area contributed by atoms with Gasteiger partial charge in [0.05, 0.1) is 11.3 Å². The van der Waals surface area contributed by atoms with Crippen LogP contribution in [-0.4, -0.2) is 17.8 Å². The lowest BCUT2D eigenvalue weighted by molar-refractivity contribution is -0.119. The maximum atomic E-state index is 12.1. The summed E-state index contributed by atoms with van der Waals surface area (Å²) in [5.41, 5.74) is 1.74. The summed E-state index contributed by atoms with van der Waals surface area (Å²) in [4.78, 5) is 36.3. The lowest BCUT2D eigenvalue weighted by Crippen LogP contribution is -2.29. The summed E-state index contributed by atoms with van der Waals surface area (Å²) in [6.07, 6.45) is 4.11. The largest absolute Gasteiger partial charge is 0.423 e. The third-order valence-electron chi connectivity index (χ3n) is 3.50. The van der Waals surface area contributed by atoms with Gasteiger partial charge in [-0.3, -0.25) is 9.59 Å². The Morgan fingerprint density at radius 2 is 1.50 bits per heavy atom. The van der Waals surface area contributed by atoms with Crippen LogP contribution in [0.2, 0.25) is 0 Å². The predicted octanol–water partition coefficient (Wildman–Crippen LogP) is 2.98. The van der Waals surface area contributed by atoms with Crippen LogP contribution in [0, 0.1) is 0 Å². The summed E-state index contributed by atoms with van der Waals surface area (Å²) in [6, 6.07) is 13.0. The first kappa shape index (κ1) is 15.4. The van der Waals surface area contributed by atoms with Crippen molar-refractivity contribution >= 4 is 29.5 Å². The van der Waals surface area contributed by atoms with Crippen LogP contribution in [0.1, 0.15) is 15.9 Å². The van der Waals surface area contributed by atoms with E-state index in [1.807, 2.05) is 0 Å². The molecule has 0 spiro atoms. The number of hydrogen-bond donors (Lipinski definition) is 0. The molecule has 118 valence electrons. The SMILES string of the molecule is C=Cc1ccc(C(=O)Oc2ccc(N3C(=O)C=CC3=O)cc2)cc1. The van der Waals surface area contributed by atoms with Crippen LogP contribution >= 0.6 is 0 Å². The zero-order valence-electron chi connectivity index (χ0n) is 12.6. The van der Waals surface area contributed by atoms with Crippen LogP contribution in [0.4, 0.5) is 5.69 Å². The Bertz CT molecular complexity index is 830. The first-order valence-electron chi connectivity index (χ1n) is 7.19. The van der Waals surface area contributed by atoms with Gasteiger partial charge in [0.15, 0.2) is 0 Å². The van der Waals surface area contributed by atoms with Crippen LogP contribution in [0.3, 0.4) is 0 Å². The molecule has 2 aromatic rings. The van der Waals surface area contributed by atoms with Gasteiger partial charge < -0.3 is 4.74 Å². The molecule has 3 rings (SSSR count). The van der Waals surface area contributed by atoms with Crippen molar-refractivity contribution in [3.63, 3.8) is 0 Å². The molecule has 0 atom stereocenters. The molecule has 0 aromatic heterocycles. The van der Waals surface area contributed by atoms with Crippen molar-refractivity contribution in [2.75, 3.05) is 4.90 Å². The van der Waals surface area contributed by atoms with Crippen molar-refractivity contribution in [1.29, 1.82) is 0 Å². The number of anilines is 1. The van der Waals surface area contributed by atoms with Crippen molar-refractivity contribution in [3.8, 4) is 5.75 Å². The van der Waals surface area contributed by atoms with Gasteiger partial charge in [0.25, 0.3) is 11.8 Å². The highest BCUT2D eigenvalue weighted by Crippen LogP contribution is 2.23. The number of carbonyl (C=O) groups is 3. The summed E-state index contributed by atoms with van der Waals surface area (Å²) < 4.78 is 5.28. The predicted molar refractivity (Wildman–Crippen MR) is 89.6 cm³/mol. The van der Waals surface area contributed by atoms with Crippen LogP contribution < -0.4 is 9.64 Å². The first-order chi connectivity index (χ1) is 11.6. The smallest absolute Gasteiger partial charge is 0.343 e. The van der Waals surface area contributed by atoms with Gasteiger partial charge in [-0.2, -0.15) is 0 Å². The number of carbonyl (C=O) groups excluding carboxylic acids is 3. The highest BCUT2D eigenvalue weighted by Gasteiger charge is 2.24. The molecular weight excluding hydrogens is 306 g/mol. The number of nitrogens with zero attached hydrogens (tertiary/aromatic N) is 1. The topological polar surface area (TPSA) is 63.7 Å². The lowest BCUT2D eigenvalue weighted by Gasteiger charge is -2.14. The van der Waals surface area contributed by atoms with Gasteiger partial charge in [-0.25, -0.2) is 9.69 Å². The van der Waals surface area contributed by atoms with Crippen molar-refractivity contribution in [1.82, 2.24) is 0 Å². The molecule has 0 aliphatic carbocycles. The second-order valence-electron chi connectivity index (χ2n) is 5.05. The molecule has 24 heavy (non-hydrogen) atoms. The van der Waals surface area contributed by atoms with Crippen molar-refractivity contribution in [2.24, 2.45) is 0 Å². The molecule has 0 fully saturated rings. The average Bonchev–Trinajstić information content (AvgIpc) is 2.94. The Hall–Kier alpha value is -3.47. The standard InChI is InChI=1S/C19H13NO4/c1-2-13-3-5-14(6-4-13)19(23)24-16-9-7-15(8-10-16)20-17(21)11-12-18(20)22/h2-12H,1H2. The monoisotopic (exact) mass is 319 g/mol. The number of esters is 1. The van der Waals surface area contributed by atoms with Crippen LogP contribution in [-0.2, 0) is 9.59 Å². The second kappa shape index (κ2) is 6.34. The minimum absolute atomic E-state index is 0.323. The van der Waals surface area contributed by atoms with E-state index >= 15 is 0 Å². The fourth-order valence-corrected chi connectivity index (χ4v) is 2.24. The zero-order chi connectivity index (χ0) is 17.1. The van der Waals surface area contributed by atoms with Crippen LogP contribution in [0.5, 0.6) is 5.75 Å². The summed E-state index contributed by atoms with van der Waals surface area (Å²) in [7, 11) is 0. The van der Waals surface area contributed by atoms with Crippen molar-refractivity contribution < 1.29 is 19.1 Å². The maximum Gasteiger partial charge on any atom is 0.343 e. The summed E-state index contributed by atoms with van der Waals surface area (Å²) in [5, 5.41) is 0. The van der Waals surface area contributed by atoms with E-state index in [9.17, 15) is 14.4 Å². The molecule has 2 amide bonds. The quantitative estimate of drug-likeness (QED) is 0.494. The Morgan fingerprint density at radius 3 is 2.04 bits per heavy atom. The van der Waals surface area contributed by atoms with Crippen molar-refractivity contribution in [2.45, 2.75) is 0 Å². The van der Waals surface area contributed by atoms with E-state index in [0.717, 1.165) is 10.5 Å². The maximum absolute atomic E-state index is 12.1. The van der Waals surface area contributed by atoms with E-state index in [1.165, 1.54) is 24.3 Å². The molecule has 1 heterocycles. The molecule has 0 saturated heterocycles. The van der Waals surface area contributed by atoms with E-state index in [4.69, 9.17) is 4.74 Å². The molecule has 5 nitrogen and oxygen atoms in total. The summed E-state index contributed by atoms with van der Waals surface area (Å²) in [5.74, 6) is -0.962. The molecule has 2 aromatic carbocycles. The van der Waals surface area contributed by atoms with E-state index in [-0.39, 0.29) is 0 Å². The normalized spacial score (nSPS) is 13.2. The van der Waals surface area contributed by atoms with E-state index in [0.29, 0.717) is 17.0 Å². The molecule has 0 bridgehead atoms. The molecule has 1 aliphatic heterocycles. The van der Waals surface area contributed by atoms with Gasteiger partial charge in [-0.15, -0.1) is 0 Å². The second-order valence-corrected chi connectivity index (χ2v) is 5.05. The Balaban J connectivity index is 1.71. The van der Waals surface area contributed by atoms with E-state index in [1.54, 1.807) is 42.5 Å². The number of imide groups is 1. The average molecular weight is 319 g/mol. The molecule has 0 unspecified atom stereocenters. The third kappa shape index (κ3) is 3.01. The molecule has 0 radical (unpaired) electrons. The number of ether oxygens (including phenoxy) is 1. The fourth-order valence-electron chi connectivity index (χ4n) is 2.24. The number of benzene rings is 2. The van der Waals surface area contributed by atoms with E-state index in [2.05, 4.69) is 6.58 Å². The Labute approximate surface area is 138 Å². The van der Waals surface area contributed by atoms with Gasteiger partial charge in [0.1, 0.15) is 5.75 Å². The van der Waals surface area contributed by atoms with Crippen LogP contribution in [0.25, 0.3) is 6.08 Å². The molecular formula is C19H13NO4. The molecule has 1 aliphatic rings. The minimum atomic E-state index is -0.492. The molecule has 5 heteroatoms. The summed E-state index contributed by atoms with van der Waals surface area (Å²) >= 11 is 0. The summed E-state index contributed by atoms with van der Waals surface area (Å²) in [6.45, 7) is 3.65. The highest BCUT2D eigenvalue weighted by molar-refractivity contribution is 6.28. The lowest BCUT2D eigenvalue weighted by atomic mass is 10.1. The number of hydrogen-bond acceptors (Lipinski definition) is 4. The minimum Gasteiger partial charge on any atom is -0.423 e. The first-order valence-corrected chi connectivity index (χ1v) is 7.19. The van der Waals surface area contributed by atoms with Gasteiger partial charge in [-0.05, 0) is 42.0 Å². The third-order valence-corrected chi connectivity index (χ3v) is 3.50. The Kier molecular flexibility index (Phi) is 4.07. The van der Waals surface area contributed by atoms with E-state index < -0.39 is 17.8 Å². The molecule has 0 saturated carbocycles. The van der Waals surface area contributed by atoms with Crippen molar-refractivity contribution in [3.05, 3.63) is 78.4 Å². The Morgan fingerprint density at radius 1 is 0.917 bits per heavy atom.